The first-order valence-corrected chi connectivity index (χ1v) is 10.9. The topological polar surface area (TPSA) is 26.3 Å². The molecule has 2 nitrogen and oxygen atoms in total. The Kier molecular flexibility index (Phi) is 4.40. The molecule has 2 fully saturated rings. The fourth-order valence-corrected chi connectivity index (χ4v) is 7.83. The Morgan fingerprint density at radius 3 is 2.73 bits per heavy atom. The fraction of sp³-hybridized carbons (Fsp3) is 0.792. The molecule has 0 aromatic rings. The molecule has 4 aliphatic rings. The average molecular weight is 357 g/mol. The van der Waals surface area contributed by atoms with E-state index in [-0.39, 0.29) is 11.3 Å². The van der Waals surface area contributed by atoms with Gasteiger partial charge in [-0.1, -0.05) is 26.8 Å². The van der Waals surface area contributed by atoms with Gasteiger partial charge in [0.05, 0.1) is 12.4 Å². The van der Waals surface area contributed by atoms with Crippen LogP contribution in [0, 0.1) is 40.4 Å². The Hall–Kier alpha value is -1.05. The Labute approximate surface area is 159 Å². The molecule has 0 heterocycles. The summed E-state index contributed by atoms with van der Waals surface area (Å²) in [5, 5.41) is 0. The van der Waals surface area contributed by atoms with Gasteiger partial charge in [0.15, 0.2) is 0 Å². The Morgan fingerprint density at radius 1 is 1.27 bits per heavy atom. The number of ether oxygens (including phenoxy) is 1. The molecule has 0 aromatic carbocycles. The van der Waals surface area contributed by atoms with Crippen LogP contribution in [0.1, 0.15) is 73.1 Å². The van der Waals surface area contributed by atoms with Gasteiger partial charge in [-0.2, -0.15) is 0 Å². The van der Waals surface area contributed by atoms with Crippen LogP contribution in [-0.2, 0) is 9.53 Å². The summed E-state index contributed by atoms with van der Waals surface area (Å²) in [5.41, 5.74) is 2.07. The van der Waals surface area contributed by atoms with Crippen molar-refractivity contribution >= 4 is 5.78 Å². The van der Waals surface area contributed by atoms with Crippen molar-refractivity contribution < 1.29 is 9.53 Å². The summed E-state index contributed by atoms with van der Waals surface area (Å²) in [6.07, 6.45) is 12.2. The molecule has 0 unspecified atom stereocenters. The minimum Gasteiger partial charge on any atom is -0.498 e. The van der Waals surface area contributed by atoms with Crippen molar-refractivity contribution in [3.05, 3.63) is 23.5 Å². The third-order valence-electron chi connectivity index (χ3n) is 8.84. The van der Waals surface area contributed by atoms with Crippen LogP contribution < -0.4 is 0 Å². The van der Waals surface area contributed by atoms with E-state index in [1.807, 2.05) is 6.92 Å². The van der Waals surface area contributed by atoms with Crippen molar-refractivity contribution in [1.29, 1.82) is 0 Å². The van der Waals surface area contributed by atoms with E-state index in [1.165, 1.54) is 43.4 Å². The zero-order valence-electron chi connectivity index (χ0n) is 17.3. The van der Waals surface area contributed by atoms with Crippen LogP contribution in [0.15, 0.2) is 23.5 Å². The molecular weight excluding hydrogens is 320 g/mol. The van der Waals surface area contributed by atoms with Crippen LogP contribution >= 0.6 is 0 Å². The van der Waals surface area contributed by atoms with E-state index in [4.69, 9.17) is 4.74 Å². The van der Waals surface area contributed by atoms with Crippen LogP contribution in [0.3, 0.4) is 0 Å². The largest absolute Gasteiger partial charge is 0.498 e. The van der Waals surface area contributed by atoms with Crippen molar-refractivity contribution in [3.63, 3.8) is 0 Å². The lowest BCUT2D eigenvalue weighted by Crippen LogP contribution is -2.50. The highest BCUT2D eigenvalue weighted by atomic mass is 16.5. The molecule has 4 rings (SSSR count). The van der Waals surface area contributed by atoms with E-state index >= 15 is 0 Å². The molecule has 2 saturated carbocycles. The summed E-state index contributed by atoms with van der Waals surface area (Å²) in [5.74, 6) is 4.70. The van der Waals surface area contributed by atoms with Gasteiger partial charge in [0, 0.05) is 12.3 Å². The van der Waals surface area contributed by atoms with Gasteiger partial charge in [0.1, 0.15) is 5.78 Å². The van der Waals surface area contributed by atoms with E-state index in [2.05, 4.69) is 39.8 Å². The maximum absolute atomic E-state index is 12.4. The second-order valence-electron chi connectivity index (χ2n) is 10.1. The molecule has 0 aliphatic heterocycles. The quantitative estimate of drug-likeness (QED) is 0.626. The van der Waals surface area contributed by atoms with Gasteiger partial charge >= 0.3 is 0 Å². The molecule has 0 spiro atoms. The highest BCUT2D eigenvalue weighted by Crippen LogP contribution is 2.67. The highest BCUT2D eigenvalue weighted by Gasteiger charge is 2.60. The maximum Gasteiger partial charge on any atom is 0.133 e. The smallest absolute Gasteiger partial charge is 0.133 e. The minimum absolute atomic E-state index is 0.231. The van der Waals surface area contributed by atoms with Crippen molar-refractivity contribution in [3.8, 4) is 0 Å². The van der Waals surface area contributed by atoms with Crippen LogP contribution in [-0.4, -0.2) is 12.4 Å². The molecule has 0 bridgehead atoms. The zero-order chi connectivity index (χ0) is 18.7. The lowest BCUT2D eigenvalue weighted by Gasteiger charge is -2.56. The molecule has 7 atom stereocenters. The molecule has 0 radical (unpaired) electrons. The second kappa shape index (κ2) is 6.24. The first-order chi connectivity index (χ1) is 12.3. The van der Waals surface area contributed by atoms with Gasteiger partial charge in [0.25, 0.3) is 0 Å². The number of ketones is 1. The van der Waals surface area contributed by atoms with E-state index in [0.29, 0.717) is 17.1 Å². The Balaban J connectivity index is 1.66. The van der Waals surface area contributed by atoms with Crippen LogP contribution in [0.4, 0.5) is 0 Å². The van der Waals surface area contributed by atoms with Crippen molar-refractivity contribution in [2.45, 2.75) is 73.1 Å². The molecule has 144 valence electrons. The third-order valence-corrected chi connectivity index (χ3v) is 8.84. The van der Waals surface area contributed by atoms with E-state index in [1.54, 1.807) is 0 Å². The molecule has 0 N–H and O–H groups in total. The SMILES string of the molecule is CCOC1=CC2=CC[C@H]3[C@@H]4C[C@@H](C)[C@H](C(C)=O)[C@@]4(C)CC[C@@H]3[C@@]2(C)CC1. The zero-order valence-corrected chi connectivity index (χ0v) is 17.3. The summed E-state index contributed by atoms with van der Waals surface area (Å²) in [6.45, 7) is 12.0. The summed E-state index contributed by atoms with van der Waals surface area (Å²) in [7, 11) is 0. The number of carbonyl (C=O) groups is 1. The number of hydrogen-bond acceptors (Lipinski definition) is 2. The van der Waals surface area contributed by atoms with Crippen molar-refractivity contribution in [2.75, 3.05) is 6.61 Å². The van der Waals surface area contributed by atoms with Gasteiger partial charge < -0.3 is 4.74 Å². The van der Waals surface area contributed by atoms with Crippen molar-refractivity contribution in [1.82, 2.24) is 0 Å². The molecule has 0 amide bonds. The molecule has 0 aromatic heterocycles. The first kappa shape index (κ1) is 18.3. The van der Waals surface area contributed by atoms with E-state index in [9.17, 15) is 4.79 Å². The van der Waals surface area contributed by atoms with Crippen LogP contribution in [0.5, 0.6) is 0 Å². The minimum atomic E-state index is 0.231. The predicted molar refractivity (Wildman–Crippen MR) is 106 cm³/mol. The normalized spacial score (nSPS) is 47.2. The van der Waals surface area contributed by atoms with Gasteiger partial charge in [0.2, 0.25) is 0 Å². The molecular formula is C24H36O2. The molecule has 4 aliphatic carbocycles. The molecule has 26 heavy (non-hydrogen) atoms. The lowest BCUT2D eigenvalue weighted by molar-refractivity contribution is -0.128. The third kappa shape index (κ3) is 2.47. The summed E-state index contributed by atoms with van der Waals surface area (Å²) >= 11 is 0. The van der Waals surface area contributed by atoms with Gasteiger partial charge in [-0.15, -0.1) is 0 Å². The predicted octanol–water partition coefficient (Wildman–Crippen LogP) is 5.93. The summed E-state index contributed by atoms with van der Waals surface area (Å²) in [4.78, 5) is 12.4. The monoisotopic (exact) mass is 356 g/mol. The Bertz CT molecular complexity index is 659. The van der Waals surface area contributed by atoms with Crippen molar-refractivity contribution in [2.24, 2.45) is 40.4 Å². The number of allylic oxidation sites excluding steroid dienone is 4. The fourth-order valence-electron chi connectivity index (χ4n) is 7.83. The average Bonchev–Trinajstić information content (AvgIpc) is 2.85. The highest BCUT2D eigenvalue weighted by molar-refractivity contribution is 5.80. The van der Waals surface area contributed by atoms with E-state index in [0.717, 1.165) is 30.8 Å². The number of fused-ring (bicyclic) bond motifs is 5. The lowest BCUT2D eigenvalue weighted by atomic mass is 9.48. The van der Waals surface area contributed by atoms with Gasteiger partial charge in [-0.25, -0.2) is 0 Å². The van der Waals surface area contributed by atoms with Gasteiger partial charge in [-0.05, 0) is 92.1 Å². The van der Waals surface area contributed by atoms with Gasteiger partial charge in [-0.3, -0.25) is 4.79 Å². The number of rotatable bonds is 3. The number of Topliss-reactive ketones (excluding diaryl/α,β-unsaturated/α-hetero) is 1. The molecule has 2 heteroatoms. The Morgan fingerprint density at radius 2 is 2.04 bits per heavy atom. The molecule has 0 saturated heterocycles. The van der Waals surface area contributed by atoms with Crippen LogP contribution in [0.2, 0.25) is 0 Å². The second-order valence-corrected chi connectivity index (χ2v) is 10.1. The summed E-state index contributed by atoms with van der Waals surface area (Å²) < 4.78 is 5.84. The first-order valence-electron chi connectivity index (χ1n) is 10.9. The number of hydrogen-bond donors (Lipinski definition) is 0. The summed E-state index contributed by atoms with van der Waals surface area (Å²) in [6, 6.07) is 0. The van der Waals surface area contributed by atoms with E-state index < -0.39 is 0 Å². The van der Waals surface area contributed by atoms with Crippen LogP contribution in [0.25, 0.3) is 0 Å². The maximum atomic E-state index is 12.4. The standard InChI is InChI=1S/C24H36O2/c1-6-26-18-9-11-23(4)17(14-18)7-8-19-20(23)10-12-24(5)21(19)13-15(2)22(24)16(3)25/h7,14-15,19-22H,6,8-13H2,1-5H3/t15-,19-,20+,21+,22-,23+,24+/m1/s1. The number of carbonyl (C=O) groups excluding carboxylic acids is 1.